The quantitative estimate of drug-likeness (QED) is 0.537. The fourth-order valence-electron chi connectivity index (χ4n) is 4.58. The van der Waals surface area contributed by atoms with Crippen LogP contribution in [0.4, 0.5) is 0 Å². The molecule has 3 heterocycles. The Morgan fingerprint density at radius 3 is 2.60 bits per heavy atom. The summed E-state index contributed by atoms with van der Waals surface area (Å²) < 4.78 is 40.7. The van der Waals surface area contributed by atoms with Gasteiger partial charge in [-0.25, -0.2) is 13.4 Å². The third-order valence-corrected chi connectivity index (χ3v) is 8.46. The molecule has 2 aliphatic rings. The molecule has 186 valence electrons. The van der Waals surface area contributed by atoms with Gasteiger partial charge in [0.1, 0.15) is 19.0 Å². The molecule has 0 aliphatic carbocycles. The van der Waals surface area contributed by atoms with Crippen molar-refractivity contribution < 1.29 is 22.7 Å². The number of rotatable bonds is 7. The largest absolute Gasteiger partial charge is 0.486 e. The molecule has 1 fully saturated rings. The molecule has 2 aromatic carbocycles. The molecule has 9 nitrogen and oxygen atoms in total. The van der Waals surface area contributed by atoms with Crippen LogP contribution in [-0.4, -0.2) is 54.5 Å². The van der Waals surface area contributed by atoms with Crippen LogP contribution in [0.15, 0.2) is 41.3 Å². The molecule has 1 N–H and O–H groups in total. The number of imidazole rings is 1. The number of sulfonamides is 1. The van der Waals surface area contributed by atoms with E-state index in [2.05, 4.69) is 10.3 Å². The molecule has 1 saturated heterocycles. The van der Waals surface area contributed by atoms with Gasteiger partial charge in [0.15, 0.2) is 11.5 Å². The van der Waals surface area contributed by atoms with Crippen molar-refractivity contribution in [2.75, 3.05) is 26.3 Å². The van der Waals surface area contributed by atoms with Gasteiger partial charge in [-0.3, -0.25) is 4.79 Å². The summed E-state index contributed by atoms with van der Waals surface area (Å²) in [5.41, 5.74) is 2.40. The molecule has 0 saturated carbocycles. The smallest absolute Gasteiger partial charge is 0.243 e. The number of fused-ring (bicyclic) bond motifs is 2. The highest BCUT2D eigenvalue weighted by Crippen LogP contribution is 2.30. The number of aryl methyl sites for hydroxylation is 2. The standard InChI is InChI=1S/C25H30N4O5S/c1-28-21-7-6-19(35(31,32)29-11-3-2-4-12-29)16-20(21)27-24(28)9-10-25(30)26-17-18-5-8-22-23(15-18)34-14-13-33-22/h5-8,15-16H,2-4,9-14,17H2,1H3,(H,26,30). The van der Waals surface area contributed by atoms with Crippen LogP contribution in [0.1, 0.15) is 37.1 Å². The molecule has 10 heteroatoms. The number of amides is 1. The maximum Gasteiger partial charge on any atom is 0.243 e. The maximum absolute atomic E-state index is 13.0. The molecular formula is C25H30N4O5S. The lowest BCUT2D eigenvalue weighted by molar-refractivity contribution is -0.121. The molecule has 35 heavy (non-hydrogen) atoms. The molecule has 0 bridgehead atoms. The molecule has 1 aromatic heterocycles. The summed E-state index contributed by atoms with van der Waals surface area (Å²) in [6.07, 6.45) is 3.59. The average molecular weight is 499 g/mol. The van der Waals surface area contributed by atoms with E-state index in [0.717, 1.165) is 41.9 Å². The number of carbonyl (C=O) groups is 1. The van der Waals surface area contributed by atoms with Crippen LogP contribution in [0.3, 0.4) is 0 Å². The lowest BCUT2D eigenvalue weighted by atomic mass is 10.2. The van der Waals surface area contributed by atoms with Gasteiger partial charge in [-0.2, -0.15) is 4.31 Å². The number of hydrogen-bond donors (Lipinski definition) is 1. The summed E-state index contributed by atoms with van der Waals surface area (Å²) in [5, 5.41) is 2.94. The van der Waals surface area contributed by atoms with E-state index in [1.165, 1.54) is 0 Å². The number of ether oxygens (including phenoxy) is 2. The van der Waals surface area contributed by atoms with Crippen molar-refractivity contribution in [2.45, 2.75) is 43.5 Å². The summed E-state index contributed by atoms with van der Waals surface area (Å²) >= 11 is 0. The lowest BCUT2D eigenvalue weighted by Gasteiger charge is -2.25. The molecule has 1 amide bonds. The van der Waals surface area contributed by atoms with Crippen molar-refractivity contribution in [1.82, 2.24) is 19.2 Å². The fraction of sp³-hybridized carbons (Fsp3) is 0.440. The molecular weight excluding hydrogens is 468 g/mol. The first kappa shape index (κ1) is 23.6. The van der Waals surface area contributed by atoms with E-state index in [9.17, 15) is 13.2 Å². The summed E-state index contributed by atoms with van der Waals surface area (Å²) in [7, 11) is -1.63. The number of piperidine rings is 1. The van der Waals surface area contributed by atoms with E-state index in [0.29, 0.717) is 50.5 Å². The van der Waals surface area contributed by atoms with Gasteiger partial charge in [0.25, 0.3) is 0 Å². The molecule has 0 radical (unpaired) electrons. The van der Waals surface area contributed by atoms with Gasteiger partial charge >= 0.3 is 0 Å². The molecule has 0 unspecified atom stereocenters. The predicted molar refractivity (Wildman–Crippen MR) is 131 cm³/mol. The second kappa shape index (κ2) is 9.87. The zero-order chi connectivity index (χ0) is 24.4. The van der Waals surface area contributed by atoms with Gasteiger partial charge in [0, 0.05) is 39.5 Å². The topological polar surface area (TPSA) is 103 Å². The van der Waals surface area contributed by atoms with Crippen LogP contribution in [0.25, 0.3) is 11.0 Å². The Kier molecular flexibility index (Phi) is 6.66. The monoisotopic (exact) mass is 498 g/mol. The molecule has 3 aromatic rings. The summed E-state index contributed by atoms with van der Waals surface area (Å²) in [4.78, 5) is 17.4. The molecule has 0 atom stereocenters. The SMILES string of the molecule is Cn1c(CCC(=O)NCc2ccc3c(c2)OCCO3)nc2cc(S(=O)(=O)N3CCCCC3)ccc21. The zero-order valence-corrected chi connectivity index (χ0v) is 20.6. The van der Waals surface area contributed by atoms with E-state index in [4.69, 9.17) is 9.47 Å². The normalized spacial score (nSPS) is 16.4. The number of nitrogens with zero attached hydrogens (tertiary/aromatic N) is 3. The third kappa shape index (κ3) is 4.99. The number of aromatic nitrogens is 2. The van der Waals surface area contributed by atoms with Crippen molar-refractivity contribution >= 4 is 27.0 Å². The van der Waals surface area contributed by atoms with Crippen LogP contribution in [0.2, 0.25) is 0 Å². The second-order valence-electron chi connectivity index (χ2n) is 8.96. The third-order valence-electron chi connectivity index (χ3n) is 6.57. The predicted octanol–water partition coefficient (Wildman–Crippen LogP) is 2.77. The van der Waals surface area contributed by atoms with Crippen LogP contribution >= 0.6 is 0 Å². The minimum Gasteiger partial charge on any atom is -0.486 e. The van der Waals surface area contributed by atoms with E-state index in [-0.39, 0.29) is 17.2 Å². The van der Waals surface area contributed by atoms with E-state index >= 15 is 0 Å². The van der Waals surface area contributed by atoms with Crippen LogP contribution in [0.5, 0.6) is 11.5 Å². The van der Waals surface area contributed by atoms with Gasteiger partial charge in [0.05, 0.1) is 15.9 Å². The maximum atomic E-state index is 13.0. The number of carbonyl (C=O) groups excluding carboxylic acids is 1. The van der Waals surface area contributed by atoms with Crippen molar-refractivity contribution in [1.29, 1.82) is 0 Å². The van der Waals surface area contributed by atoms with E-state index in [1.807, 2.05) is 29.8 Å². The number of benzene rings is 2. The Morgan fingerprint density at radius 2 is 1.80 bits per heavy atom. The highest BCUT2D eigenvalue weighted by molar-refractivity contribution is 7.89. The van der Waals surface area contributed by atoms with Gasteiger partial charge in [0.2, 0.25) is 15.9 Å². The van der Waals surface area contributed by atoms with Crippen LogP contribution in [0, 0.1) is 0 Å². The van der Waals surface area contributed by atoms with Crippen LogP contribution in [-0.2, 0) is 34.8 Å². The Hall–Kier alpha value is -3.11. The van der Waals surface area contributed by atoms with Gasteiger partial charge in [-0.05, 0) is 48.7 Å². The van der Waals surface area contributed by atoms with E-state index in [1.54, 1.807) is 22.5 Å². The van der Waals surface area contributed by atoms with Crippen molar-refractivity contribution in [3.63, 3.8) is 0 Å². The van der Waals surface area contributed by atoms with Crippen molar-refractivity contribution in [2.24, 2.45) is 7.05 Å². The first-order valence-corrected chi connectivity index (χ1v) is 13.5. The lowest BCUT2D eigenvalue weighted by Crippen LogP contribution is -2.35. The Balaban J connectivity index is 1.22. The van der Waals surface area contributed by atoms with Crippen molar-refractivity contribution in [3.8, 4) is 11.5 Å². The number of hydrogen-bond acceptors (Lipinski definition) is 6. The Labute approximate surface area is 205 Å². The highest BCUT2D eigenvalue weighted by Gasteiger charge is 2.26. The minimum atomic E-state index is -3.52. The average Bonchev–Trinajstić information content (AvgIpc) is 3.21. The summed E-state index contributed by atoms with van der Waals surface area (Å²) in [6, 6.07) is 10.7. The van der Waals surface area contributed by atoms with Crippen molar-refractivity contribution in [3.05, 3.63) is 47.8 Å². The summed E-state index contributed by atoms with van der Waals surface area (Å²) in [6.45, 7) is 2.59. The van der Waals surface area contributed by atoms with Gasteiger partial charge in [-0.1, -0.05) is 12.5 Å². The Morgan fingerprint density at radius 1 is 1.03 bits per heavy atom. The van der Waals surface area contributed by atoms with Crippen LogP contribution < -0.4 is 14.8 Å². The first-order valence-electron chi connectivity index (χ1n) is 12.0. The minimum absolute atomic E-state index is 0.0830. The molecule has 2 aliphatic heterocycles. The molecule has 5 rings (SSSR count). The number of nitrogens with one attached hydrogen (secondary N) is 1. The fourth-order valence-corrected chi connectivity index (χ4v) is 6.12. The zero-order valence-electron chi connectivity index (χ0n) is 19.8. The van der Waals surface area contributed by atoms with Gasteiger partial charge in [-0.15, -0.1) is 0 Å². The molecule has 0 spiro atoms. The first-order chi connectivity index (χ1) is 16.9. The second-order valence-corrected chi connectivity index (χ2v) is 10.9. The van der Waals surface area contributed by atoms with Gasteiger partial charge < -0.3 is 19.4 Å². The summed E-state index contributed by atoms with van der Waals surface area (Å²) in [5.74, 6) is 2.08. The van der Waals surface area contributed by atoms with E-state index < -0.39 is 10.0 Å². The highest BCUT2D eigenvalue weighted by atomic mass is 32.2. The Bertz CT molecular complexity index is 1350.